The summed E-state index contributed by atoms with van der Waals surface area (Å²) in [5.74, 6) is -0.504. The average molecular weight is 433 g/mol. The zero-order valence-electron chi connectivity index (χ0n) is 14.4. The largest absolute Gasteiger partial charge is 0.324 e. The second-order valence-corrected chi connectivity index (χ2v) is 8.93. The number of halogens is 2. The van der Waals surface area contributed by atoms with Gasteiger partial charge in [0.05, 0.1) is 10.6 Å². The van der Waals surface area contributed by atoms with Gasteiger partial charge in [0, 0.05) is 26.9 Å². The molecule has 3 aromatic carbocycles. The first-order valence-corrected chi connectivity index (χ1v) is 10.5. The SMILES string of the molecule is O=C(CN1c2ccccc2-c2ccccc2S1(=O)=O)Nc1cc(Cl)cc(Cl)c1. The lowest BCUT2D eigenvalue weighted by Gasteiger charge is -2.31. The number of para-hydroxylation sites is 1. The summed E-state index contributed by atoms with van der Waals surface area (Å²) in [5.41, 5.74) is 2.23. The Kier molecular flexibility index (Phi) is 4.79. The lowest BCUT2D eigenvalue weighted by Crippen LogP contribution is -2.40. The van der Waals surface area contributed by atoms with E-state index in [9.17, 15) is 13.2 Å². The highest BCUT2D eigenvalue weighted by Gasteiger charge is 2.35. The van der Waals surface area contributed by atoms with E-state index >= 15 is 0 Å². The molecular formula is C20H14Cl2N2O3S. The molecule has 0 radical (unpaired) electrons. The van der Waals surface area contributed by atoms with Crippen molar-refractivity contribution in [2.45, 2.75) is 4.90 Å². The standard InChI is InChI=1S/C20H14Cl2N2O3S/c21-13-9-14(22)11-15(10-13)23-20(25)12-24-18-7-3-1-5-16(18)17-6-2-4-8-19(17)28(24,26)27/h1-11H,12H2,(H,23,25). The summed E-state index contributed by atoms with van der Waals surface area (Å²) in [6.45, 7) is -0.377. The first-order valence-electron chi connectivity index (χ1n) is 8.33. The van der Waals surface area contributed by atoms with Gasteiger partial charge in [-0.1, -0.05) is 59.6 Å². The van der Waals surface area contributed by atoms with Crippen molar-refractivity contribution in [2.75, 3.05) is 16.2 Å². The van der Waals surface area contributed by atoms with Gasteiger partial charge in [-0.25, -0.2) is 8.42 Å². The van der Waals surface area contributed by atoms with Crippen molar-refractivity contribution < 1.29 is 13.2 Å². The van der Waals surface area contributed by atoms with Crippen LogP contribution in [0.3, 0.4) is 0 Å². The van der Waals surface area contributed by atoms with Crippen LogP contribution in [0.25, 0.3) is 11.1 Å². The molecule has 0 unspecified atom stereocenters. The topological polar surface area (TPSA) is 66.5 Å². The van der Waals surface area contributed by atoms with Crippen LogP contribution in [-0.2, 0) is 14.8 Å². The van der Waals surface area contributed by atoms with Crippen molar-refractivity contribution in [3.05, 3.63) is 76.8 Å². The summed E-state index contributed by atoms with van der Waals surface area (Å²) in [7, 11) is -3.88. The number of hydrogen-bond donors (Lipinski definition) is 1. The van der Waals surface area contributed by atoms with E-state index in [4.69, 9.17) is 23.2 Å². The van der Waals surface area contributed by atoms with E-state index < -0.39 is 15.9 Å². The van der Waals surface area contributed by atoms with Crippen molar-refractivity contribution in [2.24, 2.45) is 0 Å². The third-order valence-electron chi connectivity index (χ3n) is 4.35. The summed E-state index contributed by atoms with van der Waals surface area (Å²) in [6, 6.07) is 18.5. The van der Waals surface area contributed by atoms with Crippen LogP contribution in [0.1, 0.15) is 0 Å². The molecular weight excluding hydrogens is 419 g/mol. The Labute approximate surface area is 172 Å². The van der Waals surface area contributed by atoms with Gasteiger partial charge in [0.15, 0.2) is 0 Å². The van der Waals surface area contributed by atoms with Gasteiger partial charge < -0.3 is 5.32 Å². The molecule has 28 heavy (non-hydrogen) atoms. The van der Waals surface area contributed by atoms with Gasteiger partial charge in [-0.05, 0) is 30.3 Å². The molecule has 0 saturated carbocycles. The molecule has 0 spiro atoms. The van der Waals surface area contributed by atoms with Gasteiger partial charge >= 0.3 is 0 Å². The molecule has 3 aromatic rings. The highest BCUT2D eigenvalue weighted by molar-refractivity contribution is 7.93. The molecule has 1 amide bonds. The predicted octanol–water partition coefficient (Wildman–Crippen LogP) is 4.81. The van der Waals surface area contributed by atoms with Gasteiger partial charge in [0.25, 0.3) is 10.0 Å². The Morgan fingerprint density at radius 1 is 0.893 bits per heavy atom. The quantitative estimate of drug-likeness (QED) is 0.645. The Morgan fingerprint density at radius 2 is 1.50 bits per heavy atom. The minimum Gasteiger partial charge on any atom is -0.324 e. The van der Waals surface area contributed by atoms with Crippen LogP contribution < -0.4 is 9.62 Å². The van der Waals surface area contributed by atoms with E-state index in [1.807, 2.05) is 12.1 Å². The maximum atomic E-state index is 13.2. The molecule has 0 atom stereocenters. The number of rotatable bonds is 3. The Morgan fingerprint density at radius 3 is 2.21 bits per heavy atom. The summed E-state index contributed by atoms with van der Waals surface area (Å²) < 4.78 is 27.5. The molecule has 8 heteroatoms. The molecule has 0 aliphatic carbocycles. The minimum absolute atomic E-state index is 0.173. The van der Waals surface area contributed by atoms with Crippen molar-refractivity contribution >= 4 is 50.5 Å². The number of hydrogen-bond acceptors (Lipinski definition) is 3. The lowest BCUT2D eigenvalue weighted by atomic mass is 10.0. The number of benzene rings is 3. The zero-order chi connectivity index (χ0) is 19.9. The van der Waals surface area contributed by atoms with Crippen LogP contribution in [0.5, 0.6) is 0 Å². The number of amides is 1. The van der Waals surface area contributed by atoms with Gasteiger partial charge in [-0.2, -0.15) is 0 Å². The molecule has 1 heterocycles. The number of nitrogens with one attached hydrogen (secondary N) is 1. The summed E-state index contributed by atoms with van der Waals surface area (Å²) >= 11 is 11.9. The third kappa shape index (κ3) is 3.35. The van der Waals surface area contributed by atoms with E-state index in [1.54, 1.807) is 54.6 Å². The molecule has 142 valence electrons. The fourth-order valence-electron chi connectivity index (χ4n) is 3.21. The molecule has 0 aromatic heterocycles. The predicted molar refractivity (Wildman–Crippen MR) is 112 cm³/mol. The van der Waals surface area contributed by atoms with Crippen molar-refractivity contribution in [1.82, 2.24) is 0 Å². The molecule has 0 bridgehead atoms. The van der Waals surface area contributed by atoms with Crippen molar-refractivity contribution in [3.8, 4) is 11.1 Å². The Bertz CT molecular complexity index is 1180. The number of anilines is 2. The lowest BCUT2D eigenvalue weighted by molar-refractivity contribution is -0.114. The van der Waals surface area contributed by atoms with Crippen LogP contribution in [0.2, 0.25) is 10.0 Å². The van der Waals surface area contributed by atoms with Crippen molar-refractivity contribution in [3.63, 3.8) is 0 Å². The first-order chi connectivity index (χ1) is 13.4. The molecule has 5 nitrogen and oxygen atoms in total. The van der Waals surface area contributed by atoms with Gasteiger partial charge in [-0.3, -0.25) is 9.10 Å². The summed E-state index contributed by atoms with van der Waals surface area (Å²) in [5, 5.41) is 3.39. The van der Waals surface area contributed by atoms with Gasteiger partial charge in [0.1, 0.15) is 6.54 Å². The van der Waals surface area contributed by atoms with Crippen LogP contribution in [0.15, 0.2) is 71.6 Å². The second kappa shape index (κ2) is 7.13. The highest BCUT2D eigenvalue weighted by Crippen LogP contribution is 2.42. The molecule has 1 aliphatic heterocycles. The number of nitrogens with zero attached hydrogens (tertiary/aromatic N) is 1. The Hall–Kier alpha value is -2.54. The molecule has 1 N–H and O–H groups in total. The molecule has 4 rings (SSSR count). The van der Waals surface area contributed by atoms with Crippen molar-refractivity contribution in [1.29, 1.82) is 0 Å². The van der Waals surface area contributed by atoms with Gasteiger partial charge in [-0.15, -0.1) is 0 Å². The molecule has 0 saturated heterocycles. The maximum absolute atomic E-state index is 13.2. The monoisotopic (exact) mass is 432 g/mol. The van der Waals surface area contributed by atoms with E-state index in [0.717, 1.165) is 9.87 Å². The number of sulfonamides is 1. The fourth-order valence-corrected chi connectivity index (χ4v) is 5.38. The van der Waals surface area contributed by atoms with Crippen LogP contribution in [-0.4, -0.2) is 20.9 Å². The van der Waals surface area contributed by atoms with Crippen LogP contribution in [0, 0.1) is 0 Å². The highest BCUT2D eigenvalue weighted by atomic mass is 35.5. The number of fused-ring (bicyclic) bond motifs is 3. The van der Waals surface area contributed by atoms with Crippen LogP contribution >= 0.6 is 23.2 Å². The smallest absolute Gasteiger partial charge is 0.265 e. The second-order valence-electron chi connectivity index (χ2n) is 6.23. The zero-order valence-corrected chi connectivity index (χ0v) is 16.7. The molecule has 1 aliphatic rings. The normalized spacial score (nSPS) is 14.1. The van der Waals surface area contributed by atoms with E-state index in [0.29, 0.717) is 27.0 Å². The molecule has 0 fully saturated rings. The van der Waals surface area contributed by atoms with E-state index in [-0.39, 0.29) is 11.4 Å². The van der Waals surface area contributed by atoms with E-state index in [1.165, 1.54) is 0 Å². The van der Waals surface area contributed by atoms with E-state index in [2.05, 4.69) is 5.32 Å². The number of carbonyl (C=O) groups excluding carboxylic acids is 1. The minimum atomic E-state index is -3.88. The number of carbonyl (C=O) groups is 1. The fraction of sp³-hybridized carbons (Fsp3) is 0.0500. The third-order valence-corrected chi connectivity index (χ3v) is 6.61. The average Bonchev–Trinajstić information content (AvgIpc) is 2.64. The first kappa shape index (κ1) is 18.8. The van der Waals surface area contributed by atoms with Crippen LogP contribution in [0.4, 0.5) is 11.4 Å². The Balaban J connectivity index is 1.70. The summed E-state index contributed by atoms with van der Waals surface area (Å²) in [4.78, 5) is 12.8. The van der Waals surface area contributed by atoms with Gasteiger partial charge in [0.2, 0.25) is 5.91 Å². The summed E-state index contributed by atoms with van der Waals surface area (Å²) in [6.07, 6.45) is 0. The maximum Gasteiger partial charge on any atom is 0.265 e.